The van der Waals surface area contributed by atoms with Crippen LogP contribution in [0.5, 0.6) is 0 Å². The van der Waals surface area contributed by atoms with Crippen LogP contribution >= 0.6 is 11.3 Å². The Morgan fingerprint density at radius 2 is 2.48 bits per heavy atom. The molecule has 0 saturated carbocycles. The predicted octanol–water partition coefficient (Wildman–Crippen LogP) is 2.19. The fourth-order valence-electron chi connectivity index (χ4n) is 2.80. The molecule has 0 unspecified atom stereocenters. The summed E-state index contributed by atoms with van der Waals surface area (Å²) in [4.78, 5) is 17.5. The summed E-state index contributed by atoms with van der Waals surface area (Å²) in [5, 5.41) is 9.39. The molecule has 1 atom stereocenters. The molecule has 1 aliphatic rings. The summed E-state index contributed by atoms with van der Waals surface area (Å²) < 4.78 is 0. The minimum Gasteiger partial charge on any atom is -0.339 e. The van der Waals surface area contributed by atoms with Crippen molar-refractivity contribution in [2.45, 2.75) is 25.4 Å². The van der Waals surface area contributed by atoms with E-state index in [-0.39, 0.29) is 11.9 Å². The normalized spacial score (nSPS) is 19.0. The molecule has 2 aromatic heterocycles. The second-order valence-corrected chi connectivity index (χ2v) is 6.54. The quantitative estimate of drug-likeness (QED) is 0.942. The van der Waals surface area contributed by atoms with Gasteiger partial charge in [0, 0.05) is 7.05 Å². The van der Waals surface area contributed by atoms with Crippen molar-refractivity contribution in [3.05, 3.63) is 29.3 Å². The molecule has 1 fully saturated rings. The summed E-state index contributed by atoms with van der Waals surface area (Å²) in [5.74, 6) is 0.197. The smallest absolute Gasteiger partial charge is 0.240 e. The van der Waals surface area contributed by atoms with Gasteiger partial charge < -0.3 is 4.90 Å². The molecule has 0 aromatic carbocycles. The summed E-state index contributed by atoms with van der Waals surface area (Å²) in [6.07, 6.45) is 2.07. The zero-order valence-corrected chi connectivity index (χ0v) is 13.2. The number of hydrogen-bond acceptors (Lipinski definition) is 4. The highest BCUT2D eigenvalue weighted by atomic mass is 32.1. The fourth-order valence-corrected chi connectivity index (χ4v) is 3.49. The minimum atomic E-state index is 0.0367. The molecule has 112 valence electrons. The maximum absolute atomic E-state index is 12.4. The lowest BCUT2D eigenvalue weighted by molar-refractivity contribution is -0.134. The van der Waals surface area contributed by atoms with Gasteiger partial charge in [-0.25, -0.2) is 0 Å². The van der Waals surface area contributed by atoms with E-state index >= 15 is 0 Å². The van der Waals surface area contributed by atoms with Crippen molar-refractivity contribution < 1.29 is 4.79 Å². The fraction of sp³-hybridized carbons (Fsp3) is 0.467. The average Bonchev–Trinajstić information content (AvgIpc) is 3.17. The van der Waals surface area contributed by atoms with E-state index in [4.69, 9.17) is 0 Å². The number of likely N-dealkylation sites (N-methyl/N-ethyl adjacent to an activating group) is 2. The Labute approximate surface area is 128 Å². The zero-order valence-electron chi connectivity index (χ0n) is 12.4. The number of carbonyl (C=O) groups is 1. The number of aromatic amines is 1. The molecule has 0 radical (unpaired) electrons. The van der Waals surface area contributed by atoms with Crippen LogP contribution in [0.15, 0.2) is 23.6 Å². The largest absolute Gasteiger partial charge is 0.339 e. The molecule has 6 heteroatoms. The van der Waals surface area contributed by atoms with Crippen LogP contribution in [-0.2, 0) is 11.3 Å². The van der Waals surface area contributed by atoms with Crippen molar-refractivity contribution in [2.75, 3.05) is 20.6 Å². The van der Waals surface area contributed by atoms with Crippen LogP contribution in [-0.4, -0.2) is 52.6 Å². The van der Waals surface area contributed by atoms with E-state index in [0.717, 1.165) is 35.7 Å². The Morgan fingerprint density at radius 3 is 3.14 bits per heavy atom. The number of H-pyrrole nitrogens is 1. The molecule has 3 rings (SSSR count). The van der Waals surface area contributed by atoms with E-state index in [0.29, 0.717) is 6.54 Å². The Hall–Kier alpha value is -1.66. The molecule has 0 spiro atoms. The van der Waals surface area contributed by atoms with Gasteiger partial charge in [-0.2, -0.15) is 5.10 Å². The molecule has 5 nitrogen and oxygen atoms in total. The van der Waals surface area contributed by atoms with Gasteiger partial charge in [-0.3, -0.25) is 14.8 Å². The topological polar surface area (TPSA) is 52.2 Å². The highest BCUT2D eigenvalue weighted by Crippen LogP contribution is 2.23. The summed E-state index contributed by atoms with van der Waals surface area (Å²) in [6.45, 7) is 1.58. The summed E-state index contributed by atoms with van der Waals surface area (Å²) >= 11 is 1.67. The lowest BCUT2D eigenvalue weighted by Crippen LogP contribution is -2.42. The van der Waals surface area contributed by atoms with Gasteiger partial charge in [0.15, 0.2) is 0 Å². The van der Waals surface area contributed by atoms with Crippen LogP contribution in [0.3, 0.4) is 0 Å². The molecule has 21 heavy (non-hydrogen) atoms. The van der Waals surface area contributed by atoms with E-state index in [2.05, 4.69) is 15.1 Å². The standard InChI is InChI=1S/C15H20N4OS/c1-18-7-3-5-13(18)15(20)19(2)10-11-9-12(17-16-11)14-6-4-8-21-14/h4,6,8-9,13H,3,5,7,10H2,1-2H3,(H,16,17)/t13-/m0/s1. The number of likely N-dealkylation sites (tertiary alicyclic amines) is 1. The molecule has 1 N–H and O–H groups in total. The predicted molar refractivity (Wildman–Crippen MR) is 84.0 cm³/mol. The molecular formula is C15H20N4OS. The van der Waals surface area contributed by atoms with Crippen molar-refractivity contribution in [3.63, 3.8) is 0 Å². The van der Waals surface area contributed by atoms with Crippen molar-refractivity contribution >= 4 is 17.2 Å². The van der Waals surface area contributed by atoms with Crippen LogP contribution in [0.1, 0.15) is 18.5 Å². The summed E-state index contributed by atoms with van der Waals surface area (Å²) in [7, 11) is 3.88. The Bertz CT molecular complexity index is 607. The van der Waals surface area contributed by atoms with E-state index < -0.39 is 0 Å². The number of thiophene rings is 1. The second kappa shape index (κ2) is 5.99. The van der Waals surface area contributed by atoms with Crippen molar-refractivity contribution in [1.82, 2.24) is 20.0 Å². The van der Waals surface area contributed by atoms with Gasteiger partial charge in [-0.05, 0) is 43.9 Å². The van der Waals surface area contributed by atoms with E-state index in [1.54, 1.807) is 16.2 Å². The Kier molecular flexibility index (Phi) is 4.07. The molecule has 3 heterocycles. The molecule has 0 aliphatic carbocycles. The monoisotopic (exact) mass is 304 g/mol. The van der Waals surface area contributed by atoms with Gasteiger partial charge in [0.2, 0.25) is 5.91 Å². The highest BCUT2D eigenvalue weighted by molar-refractivity contribution is 7.13. The van der Waals surface area contributed by atoms with Crippen LogP contribution in [0.25, 0.3) is 10.6 Å². The lowest BCUT2D eigenvalue weighted by Gasteiger charge is -2.24. The first-order valence-corrected chi connectivity index (χ1v) is 8.06. The molecule has 2 aromatic rings. The molecule has 1 saturated heterocycles. The first kappa shape index (κ1) is 14.3. The van der Waals surface area contributed by atoms with Gasteiger partial charge in [0.1, 0.15) is 5.69 Å². The van der Waals surface area contributed by atoms with Crippen LogP contribution in [0.4, 0.5) is 0 Å². The number of nitrogens with one attached hydrogen (secondary N) is 1. The number of nitrogens with zero attached hydrogens (tertiary/aromatic N) is 3. The van der Waals surface area contributed by atoms with Gasteiger partial charge in [-0.15, -0.1) is 11.3 Å². The van der Waals surface area contributed by atoms with E-state index in [9.17, 15) is 4.79 Å². The van der Waals surface area contributed by atoms with Crippen molar-refractivity contribution in [2.24, 2.45) is 0 Å². The average molecular weight is 304 g/mol. The number of hydrogen-bond donors (Lipinski definition) is 1. The van der Waals surface area contributed by atoms with Crippen LogP contribution in [0.2, 0.25) is 0 Å². The highest BCUT2D eigenvalue weighted by Gasteiger charge is 2.30. The Morgan fingerprint density at radius 1 is 1.62 bits per heavy atom. The molecule has 1 amide bonds. The number of rotatable bonds is 4. The third-order valence-corrected chi connectivity index (χ3v) is 4.89. The third kappa shape index (κ3) is 3.01. The lowest BCUT2D eigenvalue weighted by atomic mass is 10.2. The van der Waals surface area contributed by atoms with E-state index in [1.807, 2.05) is 37.7 Å². The zero-order chi connectivity index (χ0) is 14.8. The van der Waals surface area contributed by atoms with Crippen molar-refractivity contribution in [1.29, 1.82) is 0 Å². The second-order valence-electron chi connectivity index (χ2n) is 5.59. The van der Waals surface area contributed by atoms with E-state index in [1.165, 1.54) is 0 Å². The molecule has 0 bridgehead atoms. The summed E-state index contributed by atoms with van der Waals surface area (Å²) in [6, 6.07) is 6.12. The maximum Gasteiger partial charge on any atom is 0.240 e. The Balaban J connectivity index is 1.65. The van der Waals surface area contributed by atoms with Gasteiger partial charge in [-0.1, -0.05) is 6.07 Å². The summed E-state index contributed by atoms with van der Waals surface area (Å²) in [5.41, 5.74) is 1.91. The number of amides is 1. The molecular weight excluding hydrogens is 284 g/mol. The van der Waals surface area contributed by atoms with Crippen LogP contribution < -0.4 is 0 Å². The first-order valence-electron chi connectivity index (χ1n) is 7.18. The number of carbonyl (C=O) groups excluding carboxylic acids is 1. The number of aromatic nitrogens is 2. The van der Waals surface area contributed by atoms with Gasteiger partial charge in [0.05, 0.1) is 23.2 Å². The van der Waals surface area contributed by atoms with Gasteiger partial charge >= 0.3 is 0 Å². The van der Waals surface area contributed by atoms with Crippen LogP contribution in [0, 0.1) is 0 Å². The van der Waals surface area contributed by atoms with Crippen molar-refractivity contribution in [3.8, 4) is 10.6 Å². The minimum absolute atomic E-state index is 0.0367. The van der Waals surface area contributed by atoms with Gasteiger partial charge in [0.25, 0.3) is 0 Å². The first-order chi connectivity index (χ1) is 10.1. The SMILES string of the molecule is CN(Cc1cc(-c2cccs2)n[nH]1)C(=O)[C@@H]1CCCN1C. The molecule has 1 aliphatic heterocycles. The maximum atomic E-state index is 12.4. The third-order valence-electron chi connectivity index (χ3n) is 3.99.